The maximum atomic E-state index is 11.8. The number of carboxylic acid groups (broad SMARTS) is 1. The summed E-state index contributed by atoms with van der Waals surface area (Å²) >= 11 is 9.26. The third-order valence-electron chi connectivity index (χ3n) is 2.40. The van der Waals surface area contributed by atoms with Crippen molar-refractivity contribution in [1.29, 1.82) is 0 Å². The fraction of sp³-hybridized carbons (Fsp3) is 0.429. The molecule has 0 saturated carbocycles. The van der Waals surface area contributed by atoms with E-state index in [1.807, 2.05) is 0 Å². The second-order valence-electron chi connectivity index (χ2n) is 5.46. The Labute approximate surface area is 136 Å². The van der Waals surface area contributed by atoms with Crippen molar-refractivity contribution in [2.45, 2.75) is 38.8 Å². The fourth-order valence-electron chi connectivity index (χ4n) is 1.64. The van der Waals surface area contributed by atoms with Crippen LogP contribution in [0.1, 0.15) is 38.8 Å². The molecule has 5 nitrogen and oxygen atoms in total. The Bertz CT molecular complexity index is 542. The predicted octanol–water partition coefficient (Wildman–Crippen LogP) is 4.14. The highest BCUT2D eigenvalue weighted by atomic mass is 79.9. The van der Waals surface area contributed by atoms with Gasteiger partial charge >= 0.3 is 12.1 Å². The summed E-state index contributed by atoms with van der Waals surface area (Å²) in [7, 11) is 0. The average Bonchev–Trinajstić information content (AvgIpc) is 2.28. The highest BCUT2D eigenvalue weighted by Gasteiger charge is 2.24. The van der Waals surface area contributed by atoms with Gasteiger partial charge in [-0.2, -0.15) is 0 Å². The standard InChI is InChI=1S/C14H17BrClNO4/c1-14(2,3)21-13(20)17-11(7-12(18)19)9-6-8(16)4-5-10(9)15/h4-6,11H,7H2,1-3H3,(H,17,20)(H,18,19)/t11-/m0/s1. The molecular formula is C14H17BrClNO4. The van der Waals surface area contributed by atoms with Gasteiger partial charge in [-0.05, 0) is 44.5 Å². The maximum Gasteiger partial charge on any atom is 0.408 e. The van der Waals surface area contributed by atoms with E-state index >= 15 is 0 Å². The Morgan fingerprint density at radius 2 is 2.05 bits per heavy atom. The Balaban J connectivity index is 2.98. The van der Waals surface area contributed by atoms with E-state index in [1.165, 1.54) is 0 Å². The van der Waals surface area contributed by atoms with Crippen LogP contribution in [0, 0.1) is 0 Å². The van der Waals surface area contributed by atoms with Crippen LogP contribution in [0.5, 0.6) is 0 Å². The quantitative estimate of drug-likeness (QED) is 0.825. The van der Waals surface area contributed by atoms with Gasteiger partial charge in [-0.1, -0.05) is 27.5 Å². The number of rotatable bonds is 4. The first-order valence-corrected chi connectivity index (χ1v) is 7.42. The summed E-state index contributed by atoms with van der Waals surface area (Å²) in [4.78, 5) is 22.9. The second-order valence-corrected chi connectivity index (χ2v) is 6.75. The molecule has 0 aliphatic heterocycles. The summed E-state index contributed by atoms with van der Waals surface area (Å²) < 4.78 is 5.81. The zero-order valence-corrected chi connectivity index (χ0v) is 14.3. The zero-order chi connectivity index (χ0) is 16.2. The summed E-state index contributed by atoms with van der Waals surface area (Å²) in [5.74, 6) is -1.04. The summed E-state index contributed by atoms with van der Waals surface area (Å²) in [6.07, 6.45) is -0.960. The summed E-state index contributed by atoms with van der Waals surface area (Å²) in [6, 6.07) is 4.23. The molecular weight excluding hydrogens is 362 g/mol. The Morgan fingerprint density at radius 3 is 2.57 bits per heavy atom. The molecule has 0 radical (unpaired) electrons. The molecule has 2 N–H and O–H groups in total. The van der Waals surface area contributed by atoms with Crippen LogP contribution >= 0.6 is 27.5 Å². The topological polar surface area (TPSA) is 75.6 Å². The molecule has 1 rings (SSSR count). The molecule has 0 aliphatic rings. The van der Waals surface area contributed by atoms with Crippen molar-refractivity contribution in [1.82, 2.24) is 5.32 Å². The highest BCUT2D eigenvalue weighted by molar-refractivity contribution is 9.10. The lowest BCUT2D eigenvalue weighted by Crippen LogP contribution is -2.36. The van der Waals surface area contributed by atoms with Gasteiger partial charge < -0.3 is 15.2 Å². The number of amides is 1. The Morgan fingerprint density at radius 1 is 1.43 bits per heavy atom. The highest BCUT2D eigenvalue weighted by Crippen LogP contribution is 2.29. The average molecular weight is 379 g/mol. The largest absolute Gasteiger partial charge is 0.481 e. The van der Waals surface area contributed by atoms with Gasteiger partial charge in [0, 0.05) is 9.50 Å². The van der Waals surface area contributed by atoms with E-state index in [0.717, 1.165) is 0 Å². The predicted molar refractivity (Wildman–Crippen MR) is 83.5 cm³/mol. The summed E-state index contributed by atoms with van der Waals surface area (Å²) in [6.45, 7) is 5.19. The van der Waals surface area contributed by atoms with Crippen LogP contribution in [0.15, 0.2) is 22.7 Å². The van der Waals surface area contributed by atoms with E-state index in [0.29, 0.717) is 15.1 Å². The molecule has 1 amide bonds. The number of carboxylic acids is 1. The molecule has 21 heavy (non-hydrogen) atoms. The van der Waals surface area contributed by atoms with Gasteiger partial charge in [-0.15, -0.1) is 0 Å². The number of halogens is 2. The molecule has 0 aromatic heterocycles. The number of nitrogens with one attached hydrogen (secondary N) is 1. The first-order chi connectivity index (χ1) is 9.58. The SMILES string of the molecule is CC(C)(C)OC(=O)N[C@@H](CC(=O)O)c1cc(Cl)ccc1Br. The summed E-state index contributed by atoms with van der Waals surface area (Å²) in [5.41, 5.74) is -0.0839. The van der Waals surface area contributed by atoms with E-state index in [-0.39, 0.29) is 6.42 Å². The van der Waals surface area contributed by atoms with E-state index in [1.54, 1.807) is 39.0 Å². The first-order valence-electron chi connectivity index (χ1n) is 6.25. The molecule has 0 spiro atoms. The number of hydrogen-bond donors (Lipinski definition) is 2. The van der Waals surface area contributed by atoms with Crippen molar-refractivity contribution in [2.24, 2.45) is 0 Å². The van der Waals surface area contributed by atoms with Crippen molar-refractivity contribution < 1.29 is 19.4 Å². The number of alkyl carbamates (subject to hydrolysis) is 1. The Kier molecular flexibility index (Phi) is 6.04. The van der Waals surface area contributed by atoms with Crippen molar-refractivity contribution in [3.05, 3.63) is 33.3 Å². The number of benzene rings is 1. The van der Waals surface area contributed by atoms with Gasteiger partial charge in [0.1, 0.15) is 5.60 Å². The smallest absolute Gasteiger partial charge is 0.408 e. The molecule has 0 heterocycles. The van der Waals surface area contributed by atoms with Gasteiger partial charge in [-0.3, -0.25) is 4.79 Å². The minimum atomic E-state index is -1.04. The van der Waals surface area contributed by atoms with E-state index in [9.17, 15) is 9.59 Å². The minimum absolute atomic E-state index is 0.280. The molecule has 116 valence electrons. The lowest BCUT2D eigenvalue weighted by molar-refractivity contribution is -0.137. The summed E-state index contributed by atoms with van der Waals surface area (Å²) in [5, 5.41) is 12.0. The molecule has 0 unspecified atom stereocenters. The molecule has 0 saturated heterocycles. The normalized spacial score (nSPS) is 12.6. The number of carbonyl (C=O) groups excluding carboxylic acids is 1. The van der Waals surface area contributed by atoms with E-state index < -0.39 is 23.7 Å². The first kappa shape index (κ1) is 17.8. The maximum absolute atomic E-state index is 11.8. The Hall–Kier alpha value is -1.27. The monoisotopic (exact) mass is 377 g/mol. The van der Waals surface area contributed by atoms with Crippen molar-refractivity contribution in [3.63, 3.8) is 0 Å². The molecule has 1 atom stereocenters. The fourth-order valence-corrected chi connectivity index (χ4v) is 2.35. The van der Waals surface area contributed by atoms with Gasteiger partial charge in [0.2, 0.25) is 0 Å². The molecule has 0 fully saturated rings. The molecule has 0 bridgehead atoms. The van der Waals surface area contributed by atoms with Gasteiger partial charge in [0.25, 0.3) is 0 Å². The number of ether oxygens (including phenoxy) is 1. The minimum Gasteiger partial charge on any atom is -0.481 e. The third-order valence-corrected chi connectivity index (χ3v) is 3.36. The van der Waals surface area contributed by atoms with Gasteiger partial charge in [0.05, 0.1) is 12.5 Å². The van der Waals surface area contributed by atoms with E-state index in [4.69, 9.17) is 21.4 Å². The van der Waals surface area contributed by atoms with Crippen molar-refractivity contribution in [3.8, 4) is 0 Å². The molecule has 0 aliphatic carbocycles. The van der Waals surface area contributed by atoms with Crippen LogP contribution in [0.4, 0.5) is 4.79 Å². The number of carbonyl (C=O) groups is 2. The van der Waals surface area contributed by atoms with Crippen molar-refractivity contribution >= 4 is 39.6 Å². The zero-order valence-electron chi connectivity index (χ0n) is 11.9. The van der Waals surface area contributed by atoms with Crippen molar-refractivity contribution in [2.75, 3.05) is 0 Å². The van der Waals surface area contributed by atoms with Crippen LogP contribution in [0.25, 0.3) is 0 Å². The van der Waals surface area contributed by atoms with Crippen LogP contribution in [-0.4, -0.2) is 22.8 Å². The molecule has 1 aromatic carbocycles. The third kappa shape index (κ3) is 6.35. The lowest BCUT2D eigenvalue weighted by atomic mass is 10.0. The second kappa shape index (κ2) is 7.13. The lowest BCUT2D eigenvalue weighted by Gasteiger charge is -2.23. The van der Waals surface area contributed by atoms with E-state index in [2.05, 4.69) is 21.2 Å². The van der Waals surface area contributed by atoms with Crippen LogP contribution in [-0.2, 0) is 9.53 Å². The van der Waals surface area contributed by atoms with Crippen LogP contribution < -0.4 is 5.32 Å². The van der Waals surface area contributed by atoms with Gasteiger partial charge in [0.15, 0.2) is 0 Å². The van der Waals surface area contributed by atoms with Gasteiger partial charge in [-0.25, -0.2) is 4.79 Å². The molecule has 7 heteroatoms. The number of hydrogen-bond acceptors (Lipinski definition) is 3. The number of aliphatic carboxylic acids is 1. The van der Waals surface area contributed by atoms with Crippen LogP contribution in [0.2, 0.25) is 5.02 Å². The molecule has 1 aromatic rings. The van der Waals surface area contributed by atoms with Crippen LogP contribution in [0.3, 0.4) is 0 Å².